The minimum atomic E-state index is -0.822. The Bertz CT molecular complexity index is 1430. The molecule has 10 heteroatoms. The van der Waals surface area contributed by atoms with Gasteiger partial charge in [0.2, 0.25) is 5.91 Å². The second-order valence-electron chi connectivity index (χ2n) is 7.77. The zero-order valence-corrected chi connectivity index (χ0v) is 18.4. The SMILES string of the molecule is COc1cc2c(cc1NC(=O)C(C)Nc1cc3c(cc1[N+](=O)[O-])OCCO3)oc1ccccc12. The summed E-state index contributed by atoms with van der Waals surface area (Å²) in [4.78, 5) is 24.0. The highest BCUT2D eigenvalue weighted by Crippen LogP contribution is 2.40. The monoisotopic (exact) mass is 463 g/mol. The fraction of sp³-hybridized carbons (Fsp3) is 0.208. The molecule has 1 amide bonds. The predicted octanol–water partition coefficient (Wildman–Crippen LogP) is 4.71. The molecule has 1 unspecified atom stereocenters. The summed E-state index contributed by atoms with van der Waals surface area (Å²) in [5, 5.41) is 19.1. The van der Waals surface area contributed by atoms with Crippen molar-refractivity contribution in [1.29, 1.82) is 0 Å². The van der Waals surface area contributed by atoms with E-state index in [0.717, 1.165) is 16.4 Å². The quantitative estimate of drug-likeness (QED) is 0.311. The molecule has 0 fully saturated rings. The van der Waals surface area contributed by atoms with Crippen LogP contribution in [0.5, 0.6) is 17.2 Å². The van der Waals surface area contributed by atoms with Gasteiger partial charge in [-0.15, -0.1) is 0 Å². The van der Waals surface area contributed by atoms with E-state index >= 15 is 0 Å². The van der Waals surface area contributed by atoms with Crippen LogP contribution < -0.4 is 24.8 Å². The van der Waals surface area contributed by atoms with Crippen LogP contribution in [0.25, 0.3) is 21.9 Å². The predicted molar refractivity (Wildman–Crippen MR) is 126 cm³/mol. The van der Waals surface area contributed by atoms with Gasteiger partial charge in [0, 0.05) is 22.9 Å². The molecule has 10 nitrogen and oxygen atoms in total. The topological polar surface area (TPSA) is 125 Å². The summed E-state index contributed by atoms with van der Waals surface area (Å²) in [6.45, 7) is 2.25. The van der Waals surface area contributed by atoms with E-state index in [-0.39, 0.29) is 11.4 Å². The van der Waals surface area contributed by atoms with E-state index in [1.54, 1.807) is 19.1 Å². The molecule has 34 heavy (non-hydrogen) atoms. The first-order valence-corrected chi connectivity index (χ1v) is 10.6. The van der Waals surface area contributed by atoms with Crippen molar-refractivity contribution in [2.75, 3.05) is 31.0 Å². The normalized spacial score (nSPS) is 13.5. The number of para-hydroxylation sites is 1. The van der Waals surface area contributed by atoms with Crippen LogP contribution in [0.15, 0.2) is 52.9 Å². The maximum absolute atomic E-state index is 13.0. The highest BCUT2D eigenvalue weighted by Gasteiger charge is 2.25. The number of benzene rings is 3. The van der Waals surface area contributed by atoms with Gasteiger partial charge in [0.1, 0.15) is 41.9 Å². The molecule has 0 spiro atoms. The first-order valence-electron chi connectivity index (χ1n) is 10.6. The van der Waals surface area contributed by atoms with Crippen LogP contribution >= 0.6 is 0 Å². The lowest BCUT2D eigenvalue weighted by atomic mass is 10.1. The van der Waals surface area contributed by atoms with Gasteiger partial charge in [-0.3, -0.25) is 14.9 Å². The molecular formula is C24H21N3O7. The van der Waals surface area contributed by atoms with Crippen LogP contribution in [0, 0.1) is 10.1 Å². The lowest BCUT2D eigenvalue weighted by Gasteiger charge is -2.21. The van der Waals surface area contributed by atoms with Gasteiger partial charge < -0.3 is 29.3 Å². The van der Waals surface area contributed by atoms with Crippen molar-refractivity contribution >= 4 is 44.9 Å². The van der Waals surface area contributed by atoms with E-state index < -0.39 is 16.9 Å². The molecule has 0 saturated heterocycles. The number of anilines is 2. The number of carbonyl (C=O) groups is 1. The molecule has 1 atom stereocenters. The molecule has 1 aliphatic rings. The molecule has 3 aromatic carbocycles. The zero-order valence-electron chi connectivity index (χ0n) is 18.4. The molecule has 1 aliphatic heterocycles. The van der Waals surface area contributed by atoms with Crippen molar-refractivity contribution in [3.05, 3.63) is 58.6 Å². The number of nitrogens with zero attached hydrogens (tertiary/aromatic N) is 1. The third kappa shape index (κ3) is 3.79. The molecule has 0 bridgehead atoms. The van der Waals surface area contributed by atoms with Crippen molar-refractivity contribution in [3.63, 3.8) is 0 Å². The molecule has 5 rings (SSSR count). The van der Waals surface area contributed by atoms with Gasteiger partial charge in [-0.2, -0.15) is 0 Å². The minimum Gasteiger partial charge on any atom is -0.495 e. The summed E-state index contributed by atoms with van der Waals surface area (Å²) in [5.41, 5.74) is 1.68. The lowest BCUT2D eigenvalue weighted by molar-refractivity contribution is -0.384. The highest BCUT2D eigenvalue weighted by molar-refractivity contribution is 6.08. The number of rotatable bonds is 6. The Morgan fingerprint density at radius 1 is 1.03 bits per heavy atom. The Labute approximate surface area is 193 Å². The molecule has 2 N–H and O–H groups in total. The molecule has 0 saturated carbocycles. The molecule has 174 valence electrons. The van der Waals surface area contributed by atoms with Gasteiger partial charge in [-0.1, -0.05) is 18.2 Å². The fourth-order valence-corrected chi connectivity index (χ4v) is 3.90. The van der Waals surface area contributed by atoms with Crippen LogP contribution in [0.1, 0.15) is 6.92 Å². The van der Waals surface area contributed by atoms with Gasteiger partial charge in [-0.05, 0) is 19.1 Å². The maximum atomic E-state index is 13.0. The van der Waals surface area contributed by atoms with Crippen LogP contribution in [0.2, 0.25) is 0 Å². The summed E-state index contributed by atoms with van der Waals surface area (Å²) < 4.78 is 22.3. The number of furan rings is 1. The van der Waals surface area contributed by atoms with Crippen molar-refractivity contribution < 1.29 is 28.3 Å². The number of amides is 1. The second kappa shape index (κ2) is 8.47. The average Bonchev–Trinajstić information content (AvgIpc) is 3.20. The highest BCUT2D eigenvalue weighted by atomic mass is 16.6. The van der Waals surface area contributed by atoms with Crippen LogP contribution in [-0.4, -0.2) is 37.2 Å². The van der Waals surface area contributed by atoms with Gasteiger partial charge in [0.15, 0.2) is 11.5 Å². The fourth-order valence-electron chi connectivity index (χ4n) is 3.90. The summed E-state index contributed by atoms with van der Waals surface area (Å²) in [6, 6.07) is 13.1. The number of nitrogens with one attached hydrogen (secondary N) is 2. The summed E-state index contributed by atoms with van der Waals surface area (Å²) in [7, 11) is 1.51. The smallest absolute Gasteiger partial charge is 0.296 e. The van der Waals surface area contributed by atoms with Gasteiger partial charge in [0.25, 0.3) is 5.69 Å². The average molecular weight is 463 g/mol. The Kier molecular flexibility index (Phi) is 5.33. The van der Waals surface area contributed by atoms with E-state index in [1.165, 1.54) is 19.2 Å². The first kappa shape index (κ1) is 21.4. The Morgan fingerprint density at radius 3 is 2.50 bits per heavy atom. The number of nitro groups is 1. The van der Waals surface area contributed by atoms with Crippen molar-refractivity contribution in [2.45, 2.75) is 13.0 Å². The van der Waals surface area contributed by atoms with Crippen LogP contribution in [0.4, 0.5) is 17.1 Å². The van der Waals surface area contributed by atoms with E-state index in [0.29, 0.717) is 41.7 Å². The number of hydrogen-bond acceptors (Lipinski definition) is 8. The number of hydrogen-bond donors (Lipinski definition) is 2. The molecule has 4 aromatic rings. The van der Waals surface area contributed by atoms with Gasteiger partial charge >= 0.3 is 0 Å². The van der Waals surface area contributed by atoms with Crippen LogP contribution in [-0.2, 0) is 4.79 Å². The number of ether oxygens (including phenoxy) is 3. The van der Waals surface area contributed by atoms with Crippen molar-refractivity contribution in [1.82, 2.24) is 0 Å². The molecule has 2 heterocycles. The Morgan fingerprint density at radius 2 is 1.76 bits per heavy atom. The van der Waals surface area contributed by atoms with E-state index in [2.05, 4.69) is 10.6 Å². The Balaban J connectivity index is 1.41. The summed E-state index contributed by atoms with van der Waals surface area (Å²) >= 11 is 0. The first-order chi connectivity index (χ1) is 16.4. The molecular weight excluding hydrogens is 442 g/mol. The van der Waals surface area contributed by atoms with Gasteiger partial charge in [0.05, 0.1) is 23.8 Å². The second-order valence-corrected chi connectivity index (χ2v) is 7.77. The standard InChI is InChI=1S/C24H21N3O7/c1-13(25-16-10-22-23(33-8-7-32-22)12-18(16)27(29)30)24(28)26-17-11-20-15(9-21(17)31-2)14-5-3-4-6-19(14)34-20/h3-6,9-13,25H,7-8H2,1-2H3,(H,26,28). The van der Waals surface area contributed by atoms with E-state index in [9.17, 15) is 14.9 Å². The minimum absolute atomic E-state index is 0.150. The third-order valence-electron chi connectivity index (χ3n) is 5.58. The number of fused-ring (bicyclic) bond motifs is 4. The lowest BCUT2D eigenvalue weighted by Crippen LogP contribution is -2.32. The summed E-state index contributed by atoms with van der Waals surface area (Å²) in [5.74, 6) is 0.719. The number of carbonyl (C=O) groups excluding carboxylic acids is 1. The summed E-state index contributed by atoms with van der Waals surface area (Å²) in [6.07, 6.45) is 0. The van der Waals surface area contributed by atoms with Crippen molar-refractivity contribution in [3.8, 4) is 17.2 Å². The maximum Gasteiger partial charge on any atom is 0.296 e. The van der Waals surface area contributed by atoms with E-state index in [1.807, 2.05) is 24.3 Å². The Hall–Kier alpha value is -4.47. The molecule has 0 aliphatic carbocycles. The van der Waals surface area contributed by atoms with Crippen LogP contribution in [0.3, 0.4) is 0 Å². The largest absolute Gasteiger partial charge is 0.495 e. The molecule has 1 aromatic heterocycles. The molecule has 0 radical (unpaired) electrons. The van der Waals surface area contributed by atoms with Crippen molar-refractivity contribution in [2.24, 2.45) is 0 Å². The van der Waals surface area contributed by atoms with Gasteiger partial charge in [-0.25, -0.2) is 0 Å². The number of methoxy groups -OCH3 is 1. The van der Waals surface area contributed by atoms with E-state index in [4.69, 9.17) is 18.6 Å². The number of nitro benzene ring substituents is 1. The zero-order chi connectivity index (χ0) is 23.8. The third-order valence-corrected chi connectivity index (χ3v) is 5.58.